The highest BCUT2D eigenvalue weighted by atomic mass is 16.6. The maximum Gasteiger partial charge on any atom is 0.292 e. The van der Waals surface area contributed by atoms with Gasteiger partial charge in [-0.15, -0.1) is 0 Å². The molecule has 1 aliphatic rings. The number of aliphatic hydroxyl groups is 2. The first-order chi connectivity index (χ1) is 7.59. The van der Waals surface area contributed by atoms with Crippen molar-refractivity contribution < 1.29 is 15.1 Å². The van der Waals surface area contributed by atoms with Crippen molar-refractivity contribution >= 4 is 11.4 Å². The first-order valence-electron chi connectivity index (χ1n) is 4.94. The topological polar surface area (TPSA) is 86.8 Å². The summed E-state index contributed by atoms with van der Waals surface area (Å²) in [5.41, 5.74) is 0.423. The second-order valence-electron chi connectivity index (χ2n) is 3.79. The van der Waals surface area contributed by atoms with E-state index in [1.54, 1.807) is 23.1 Å². The molecule has 16 heavy (non-hydrogen) atoms. The van der Waals surface area contributed by atoms with Crippen LogP contribution in [-0.2, 0) is 0 Å². The molecule has 1 fully saturated rings. The minimum Gasteiger partial charge on any atom is -0.389 e. The van der Waals surface area contributed by atoms with Crippen LogP contribution in [-0.4, -0.2) is 40.4 Å². The fourth-order valence-electron chi connectivity index (χ4n) is 1.85. The fraction of sp³-hybridized carbons (Fsp3) is 0.400. The Hall–Kier alpha value is -1.66. The SMILES string of the molecule is O=[N+]([O-])c1ccccc1N1C[C@@H](O)[C@H](O)C1. The minimum atomic E-state index is -0.847. The summed E-state index contributed by atoms with van der Waals surface area (Å²) < 4.78 is 0. The van der Waals surface area contributed by atoms with E-state index in [1.165, 1.54) is 6.07 Å². The molecule has 1 heterocycles. The van der Waals surface area contributed by atoms with Crippen molar-refractivity contribution in [1.82, 2.24) is 0 Å². The van der Waals surface area contributed by atoms with E-state index in [4.69, 9.17) is 0 Å². The highest BCUT2D eigenvalue weighted by molar-refractivity contribution is 5.63. The van der Waals surface area contributed by atoms with Gasteiger partial charge in [-0.3, -0.25) is 10.1 Å². The zero-order chi connectivity index (χ0) is 11.7. The van der Waals surface area contributed by atoms with Gasteiger partial charge in [0.05, 0.1) is 17.1 Å². The Labute approximate surface area is 91.9 Å². The van der Waals surface area contributed by atoms with E-state index in [9.17, 15) is 20.3 Å². The van der Waals surface area contributed by atoms with Crippen LogP contribution in [0.15, 0.2) is 24.3 Å². The molecule has 2 N–H and O–H groups in total. The van der Waals surface area contributed by atoms with E-state index in [0.717, 1.165) is 0 Å². The van der Waals surface area contributed by atoms with Gasteiger partial charge in [0.15, 0.2) is 0 Å². The molecule has 2 atom stereocenters. The number of rotatable bonds is 2. The van der Waals surface area contributed by atoms with E-state index >= 15 is 0 Å². The number of benzene rings is 1. The third kappa shape index (κ3) is 1.84. The predicted molar refractivity (Wildman–Crippen MR) is 57.3 cm³/mol. The van der Waals surface area contributed by atoms with Crippen molar-refractivity contribution in [2.45, 2.75) is 12.2 Å². The Morgan fingerprint density at radius 2 is 1.81 bits per heavy atom. The van der Waals surface area contributed by atoms with Crippen LogP contribution >= 0.6 is 0 Å². The number of para-hydroxylation sites is 2. The molecule has 0 amide bonds. The van der Waals surface area contributed by atoms with Crippen LogP contribution in [0.2, 0.25) is 0 Å². The minimum absolute atomic E-state index is 0.0104. The van der Waals surface area contributed by atoms with Crippen molar-refractivity contribution in [3.63, 3.8) is 0 Å². The van der Waals surface area contributed by atoms with Crippen LogP contribution in [0.1, 0.15) is 0 Å². The van der Waals surface area contributed by atoms with Crippen LogP contribution in [0.4, 0.5) is 11.4 Å². The summed E-state index contributed by atoms with van der Waals surface area (Å²) in [5, 5.41) is 29.6. The Balaban J connectivity index is 2.31. The highest BCUT2D eigenvalue weighted by Gasteiger charge is 2.32. The van der Waals surface area contributed by atoms with Crippen LogP contribution in [0.25, 0.3) is 0 Å². The van der Waals surface area contributed by atoms with Gasteiger partial charge in [-0.05, 0) is 6.07 Å². The van der Waals surface area contributed by atoms with Crippen LogP contribution in [0.5, 0.6) is 0 Å². The summed E-state index contributed by atoms with van der Waals surface area (Å²) in [6.45, 7) is 0.429. The second kappa shape index (κ2) is 4.07. The Morgan fingerprint density at radius 1 is 1.25 bits per heavy atom. The molecule has 1 aromatic rings. The number of β-amino-alcohol motifs (C(OH)–C–C–N with tert-alkyl or cyclic N) is 2. The van der Waals surface area contributed by atoms with Crippen molar-refractivity contribution in [3.05, 3.63) is 34.4 Å². The maximum absolute atomic E-state index is 10.8. The molecule has 1 aromatic carbocycles. The lowest BCUT2D eigenvalue weighted by Crippen LogP contribution is -2.22. The van der Waals surface area contributed by atoms with Crippen molar-refractivity contribution in [1.29, 1.82) is 0 Å². The fourth-order valence-corrected chi connectivity index (χ4v) is 1.85. The predicted octanol–water partition coefficient (Wildman–Crippen LogP) is 0.137. The molecule has 0 radical (unpaired) electrons. The standard InChI is InChI=1S/C10H12N2O4/c13-9-5-11(6-10(9)14)7-3-1-2-4-8(7)12(15)16/h1-4,9-10,13-14H,5-6H2/t9-,10-/m1/s1. The van der Waals surface area contributed by atoms with Gasteiger partial charge in [0.25, 0.3) is 5.69 Å². The zero-order valence-electron chi connectivity index (χ0n) is 8.48. The molecular formula is C10H12N2O4. The van der Waals surface area contributed by atoms with Crippen LogP contribution in [0, 0.1) is 10.1 Å². The van der Waals surface area contributed by atoms with Gasteiger partial charge in [-0.25, -0.2) is 0 Å². The Kier molecular flexibility index (Phi) is 2.76. The number of anilines is 1. The van der Waals surface area contributed by atoms with Crippen molar-refractivity contribution in [3.8, 4) is 0 Å². The molecule has 0 bridgehead atoms. The summed E-state index contributed by atoms with van der Waals surface area (Å²) in [6, 6.07) is 6.30. The van der Waals surface area contributed by atoms with Crippen LogP contribution in [0.3, 0.4) is 0 Å². The largest absolute Gasteiger partial charge is 0.389 e. The molecule has 86 valence electrons. The Morgan fingerprint density at radius 3 is 2.38 bits per heavy atom. The number of hydrogen-bond donors (Lipinski definition) is 2. The molecule has 1 saturated heterocycles. The van der Waals surface area contributed by atoms with Crippen molar-refractivity contribution in [2.24, 2.45) is 0 Å². The van der Waals surface area contributed by atoms with Gasteiger partial charge in [0, 0.05) is 19.2 Å². The van der Waals surface area contributed by atoms with Gasteiger partial charge in [0.1, 0.15) is 5.69 Å². The van der Waals surface area contributed by atoms with Gasteiger partial charge >= 0.3 is 0 Å². The second-order valence-corrected chi connectivity index (χ2v) is 3.79. The summed E-state index contributed by atoms with van der Waals surface area (Å²) in [6.07, 6.45) is -1.69. The summed E-state index contributed by atoms with van der Waals surface area (Å²) in [7, 11) is 0. The molecule has 0 spiro atoms. The molecule has 6 nitrogen and oxygen atoms in total. The summed E-state index contributed by atoms with van der Waals surface area (Å²) >= 11 is 0. The summed E-state index contributed by atoms with van der Waals surface area (Å²) in [5.74, 6) is 0. The first kappa shape index (κ1) is 10.8. The number of hydrogen-bond acceptors (Lipinski definition) is 5. The molecule has 0 aliphatic carbocycles. The average molecular weight is 224 g/mol. The molecule has 0 aromatic heterocycles. The smallest absolute Gasteiger partial charge is 0.292 e. The highest BCUT2D eigenvalue weighted by Crippen LogP contribution is 2.30. The third-order valence-electron chi connectivity index (χ3n) is 2.68. The lowest BCUT2D eigenvalue weighted by Gasteiger charge is -2.17. The van der Waals surface area contributed by atoms with Crippen LogP contribution < -0.4 is 4.90 Å². The van der Waals surface area contributed by atoms with Gasteiger partial charge in [-0.1, -0.05) is 12.1 Å². The average Bonchev–Trinajstić information content (AvgIpc) is 2.59. The molecule has 0 saturated carbocycles. The lowest BCUT2D eigenvalue weighted by molar-refractivity contribution is -0.384. The van der Waals surface area contributed by atoms with E-state index in [-0.39, 0.29) is 18.8 Å². The van der Waals surface area contributed by atoms with E-state index < -0.39 is 17.1 Å². The number of nitro groups is 1. The monoisotopic (exact) mass is 224 g/mol. The first-order valence-corrected chi connectivity index (χ1v) is 4.94. The van der Waals surface area contributed by atoms with E-state index in [0.29, 0.717) is 5.69 Å². The number of nitro benzene ring substituents is 1. The number of aliphatic hydroxyl groups excluding tert-OH is 2. The van der Waals surface area contributed by atoms with E-state index in [1.807, 2.05) is 0 Å². The maximum atomic E-state index is 10.8. The Bertz CT molecular complexity index is 400. The molecule has 2 rings (SSSR count). The van der Waals surface area contributed by atoms with Gasteiger partial charge < -0.3 is 15.1 Å². The van der Waals surface area contributed by atoms with Gasteiger partial charge in [-0.2, -0.15) is 0 Å². The molecular weight excluding hydrogens is 212 g/mol. The number of nitrogens with zero attached hydrogens (tertiary/aromatic N) is 2. The molecule has 0 unspecified atom stereocenters. The molecule has 1 aliphatic heterocycles. The van der Waals surface area contributed by atoms with Crippen molar-refractivity contribution in [2.75, 3.05) is 18.0 Å². The van der Waals surface area contributed by atoms with Gasteiger partial charge in [0.2, 0.25) is 0 Å². The third-order valence-corrected chi connectivity index (χ3v) is 2.68. The lowest BCUT2D eigenvalue weighted by atomic mass is 10.2. The quantitative estimate of drug-likeness (QED) is 0.551. The molecule has 6 heteroatoms. The normalized spacial score (nSPS) is 24.8. The summed E-state index contributed by atoms with van der Waals surface area (Å²) in [4.78, 5) is 11.9. The van der Waals surface area contributed by atoms with E-state index in [2.05, 4.69) is 0 Å². The zero-order valence-corrected chi connectivity index (χ0v) is 8.48.